The number of anilines is 1. The van der Waals surface area contributed by atoms with Gasteiger partial charge in [-0.3, -0.25) is 4.79 Å². The van der Waals surface area contributed by atoms with E-state index in [1.807, 2.05) is 6.07 Å². The SMILES string of the molecule is COC(=O)c1cccc(NC(=O)c2ccccc2OC[C@H]2CCCO2)c1. The summed E-state index contributed by atoms with van der Waals surface area (Å²) in [4.78, 5) is 24.3. The van der Waals surface area contributed by atoms with Crippen molar-refractivity contribution in [1.82, 2.24) is 0 Å². The van der Waals surface area contributed by atoms with Gasteiger partial charge in [-0.1, -0.05) is 18.2 Å². The van der Waals surface area contributed by atoms with Crippen LogP contribution in [0.2, 0.25) is 0 Å². The summed E-state index contributed by atoms with van der Waals surface area (Å²) in [7, 11) is 1.31. The van der Waals surface area contributed by atoms with Crippen LogP contribution in [0.1, 0.15) is 33.6 Å². The van der Waals surface area contributed by atoms with Crippen molar-refractivity contribution in [1.29, 1.82) is 0 Å². The van der Waals surface area contributed by atoms with Crippen molar-refractivity contribution in [2.24, 2.45) is 0 Å². The van der Waals surface area contributed by atoms with E-state index in [9.17, 15) is 9.59 Å². The largest absolute Gasteiger partial charge is 0.490 e. The lowest BCUT2D eigenvalue weighted by atomic mass is 10.1. The monoisotopic (exact) mass is 355 g/mol. The van der Waals surface area contributed by atoms with E-state index in [2.05, 4.69) is 5.32 Å². The number of para-hydroxylation sites is 1. The second-order valence-corrected chi connectivity index (χ2v) is 5.97. The highest BCUT2D eigenvalue weighted by Gasteiger charge is 2.18. The Balaban J connectivity index is 1.70. The molecule has 2 aromatic rings. The summed E-state index contributed by atoms with van der Waals surface area (Å²) in [6.45, 7) is 1.18. The average Bonchev–Trinajstić information content (AvgIpc) is 3.19. The highest BCUT2D eigenvalue weighted by Crippen LogP contribution is 2.22. The maximum atomic E-state index is 12.6. The van der Waals surface area contributed by atoms with Gasteiger partial charge in [0.15, 0.2) is 0 Å². The summed E-state index contributed by atoms with van der Waals surface area (Å²) in [5.74, 6) is -0.263. The molecule has 1 heterocycles. The zero-order valence-electron chi connectivity index (χ0n) is 14.6. The highest BCUT2D eigenvalue weighted by molar-refractivity contribution is 6.06. The predicted octanol–water partition coefficient (Wildman–Crippen LogP) is 3.28. The lowest BCUT2D eigenvalue weighted by Crippen LogP contribution is -2.19. The number of carbonyl (C=O) groups excluding carboxylic acids is 2. The molecule has 6 nitrogen and oxygen atoms in total. The molecule has 0 aliphatic carbocycles. The van der Waals surface area contributed by atoms with Gasteiger partial charge in [0.2, 0.25) is 0 Å². The number of amides is 1. The van der Waals surface area contributed by atoms with Crippen LogP contribution < -0.4 is 10.1 Å². The molecule has 0 bridgehead atoms. The minimum Gasteiger partial charge on any atom is -0.490 e. The van der Waals surface area contributed by atoms with Gasteiger partial charge in [0.05, 0.1) is 24.3 Å². The fraction of sp³-hybridized carbons (Fsp3) is 0.300. The van der Waals surface area contributed by atoms with E-state index in [1.54, 1.807) is 42.5 Å². The number of ether oxygens (including phenoxy) is 3. The van der Waals surface area contributed by atoms with E-state index in [0.717, 1.165) is 19.4 Å². The average molecular weight is 355 g/mol. The summed E-state index contributed by atoms with van der Waals surface area (Å²) in [5, 5.41) is 2.79. The molecule has 136 valence electrons. The van der Waals surface area contributed by atoms with Crippen LogP contribution in [0, 0.1) is 0 Å². The van der Waals surface area contributed by atoms with Gasteiger partial charge < -0.3 is 19.5 Å². The summed E-state index contributed by atoms with van der Waals surface area (Å²) in [5.41, 5.74) is 1.30. The topological polar surface area (TPSA) is 73.9 Å². The maximum absolute atomic E-state index is 12.6. The molecule has 1 saturated heterocycles. The number of methoxy groups -OCH3 is 1. The number of rotatable bonds is 6. The van der Waals surface area contributed by atoms with E-state index in [-0.39, 0.29) is 12.0 Å². The van der Waals surface area contributed by atoms with Gasteiger partial charge in [0.1, 0.15) is 12.4 Å². The third kappa shape index (κ3) is 4.40. The van der Waals surface area contributed by atoms with Crippen molar-refractivity contribution in [3.63, 3.8) is 0 Å². The van der Waals surface area contributed by atoms with E-state index in [4.69, 9.17) is 14.2 Å². The Hall–Kier alpha value is -2.86. The summed E-state index contributed by atoms with van der Waals surface area (Å²) in [6, 6.07) is 13.6. The number of hydrogen-bond acceptors (Lipinski definition) is 5. The van der Waals surface area contributed by atoms with E-state index in [1.165, 1.54) is 7.11 Å². The number of nitrogens with one attached hydrogen (secondary N) is 1. The fourth-order valence-corrected chi connectivity index (χ4v) is 2.78. The van der Waals surface area contributed by atoms with Crippen LogP contribution in [0.25, 0.3) is 0 Å². The Morgan fingerprint density at radius 1 is 1.19 bits per heavy atom. The van der Waals surface area contributed by atoms with E-state index >= 15 is 0 Å². The molecular weight excluding hydrogens is 334 g/mol. The molecule has 1 aliphatic heterocycles. The molecule has 6 heteroatoms. The molecule has 0 aromatic heterocycles. The molecule has 1 N–H and O–H groups in total. The number of hydrogen-bond donors (Lipinski definition) is 1. The minimum atomic E-state index is -0.457. The Kier molecular flexibility index (Phi) is 5.86. The highest BCUT2D eigenvalue weighted by atomic mass is 16.5. The molecular formula is C20H21NO5. The second kappa shape index (κ2) is 8.49. The first kappa shape index (κ1) is 17.9. The van der Waals surface area contributed by atoms with Gasteiger partial charge in [0.25, 0.3) is 5.91 Å². The van der Waals surface area contributed by atoms with Gasteiger partial charge in [0, 0.05) is 12.3 Å². The van der Waals surface area contributed by atoms with Crippen molar-refractivity contribution in [2.75, 3.05) is 25.6 Å². The molecule has 1 fully saturated rings. The molecule has 0 spiro atoms. The Morgan fingerprint density at radius 2 is 2.04 bits per heavy atom. The first-order chi connectivity index (χ1) is 12.7. The molecule has 2 aromatic carbocycles. The summed E-state index contributed by atoms with van der Waals surface area (Å²) in [6.07, 6.45) is 2.07. The Labute approximate surface area is 152 Å². The number of benzene rings is 2. The van der Waals surface area contributed by atoms with Crippen LogP contribution >= 0.6 is 0 Å². The molecule has 1 aliphatic rings. The van der Waals surface area contributed by atoms with Gasteiger partial charge in [-0.25, -0.2) is 4.79 Å². The van der Waals surface area contributed by atoms with Crippen molar-refractivity contribution in [3.8, 4) is 5.75 Å². The van der Waals surface area contributed by atoms with Crippen molar-refractivity contribution in [2.45, 2.75) is 18.9 Å². The van der Waals surface area contributed by atoms with Gasteiger partial charge in [-0.05, 0) is 43.2 Å². The molecule has 3 rings (SSSR count). The standard InChI is InChI=1S/C20H21NO5/c1-24-20(23)14-6-4-7-15(12-14)21-19(22)17-9-2-3-10-18(17)26-13-16-8-5-11-25-16/h2-4,6-7,9-10,12,16H,5,8,11,13H2,1H3,(H,21,22)/t16-/m1/s1. The van der Waals surface area contributed by atoms with Gasteiger partial charge in [-0.15, -0.1) is 0 Å². The lowest BCUT2D eigenvalue weighted by molar-refractivity contribution is 0.0600. The predicted molar refractivity (Wildman–Crippen MR) is 96.6 cm³/mol. The smallest absolute Gasteiger partial charge is 0.337 e. The van der Waals surface area contributed by atoms with E-state index in [0.29, 0.717) is 29.2 Å². The van der Waals surface area contributed by atoms with Crippen LogP contribution in [0.3, 0.4) is 0 Å². The van der Waals surface area contributed by atoms with Gasteiger partial charge in [-0.2, -0.15) is 0 Å². The van der Waals surface area contributed by atoms with Crippen molar-refractivity contribution in [3.05, 3.63) is 59.7 Å². The van der Waals surface area contributed by atoms with Gasteiger partial charge >= 0.3 is 5.97 Å². The van der Waals surface area contributed by atoms with Crippen molar-refractivity contribution >= 4 is 17.6 Å². The van der Waals surface area contributed by atoms with Crippen LogP contribution in [0.5, 0.6) is 5.75 Å². The fourth-order valence-electron chi connectivity index (χ4n) is 2.78. The quantitative estimate of drug-likeness (QED) is 0.805. The van der Waals surface area contributed by atoms with Crippen LogP contribution in [0.4, 0.5) is 5.69 Å². The maximum Gasteiger partial charge on any atom is 0.337 e. The molecule has 26 heavy (non-hydrogen) atoms. The zero-order valence-corrected chi connectivity index (χ0v) is 14.6. The normalized spacial score (nSPS) is 16.1. The third-order valence-electron chi connectivity index (χ3n) is 4.12. The number of carbonyl (C=O) groups is 2. The zero-order chi connectivity index (χ0) is 18.4. The first-order valence-electron chi connectivity index (χ1n) is 8.50. The van der Waals surface area contributed by atoms with Crippen LogP contribution in [-0.2, 0) is 9.47 Å². The molecule has 0 radical (unpaired) electrons. The third-order valence-corrected chi connectivity index (χ3v) is 4.12. The first-order valence-corrected chi connectivity index (χ1v) is 8.50. The minimum absolute atomic E-state index is 0.0721. The Bertz CT molecular complexity index is 783. The molecule has 0 saturated carbocycles. The van der Waals surface area contributed by atoms with Crippen LogP contribution in [0.15, 0.2) is 48.5 Å². The summed E-state index contributed by atoms with van der Waals surface area (Å²) < 4.78 is 16.0. The van der Waals surface area contributed by atoms with E-state index < -0.39 is 5.97 Å². The molecule has 1 atom stereocenters. The number of esters is 1. The van der Waals surface area contributed by atoms with Crippen molar-refractivity contribution < 1.29 is 23.8 Å². The Morgan fingerprint density at radius 3 is 2.81 bits per heavy atom. The van der Waals surface area contributed by atoms with Crippen LogP contribution in [-0.4, -0.2) is 38.3 Å². The lowest BCUT2D eigenvalue weighted by Gasteiger charge is -2.14. The second-order valence-electron chi connectivity index (χ2n) is 5.97. The molecule has 1 amide bonds. The summed E-state index contributed by atoms with van der Waals surface area (Å²) >= 11 is 0. The molecule has 0 unspecified atom stereocenters.